The topological polar surface area (TPSA) is 20.3 Å². The maximum absolute atomic E-state index is 11.2. The number of nitrogens with zero attached hydrogens (tertiary/aromatic N) is 1. The van der Waals surface area contributed by atoms with E-state index in [0.29, 0.717) is 0 Å². The summed E-state index contributed by atoms with van der Waals surface area (Å²) in [5, 5.41) is 0. The molecule has 0 spiro atoms. The zero-order valence-corrected chi connectivity index (χ0v) is 6.72. The van der Waals surface area contributed by atoms with Gasteiger partial charge in [0.15, 0.2) is 0 Å². The van der Waals surface area contributed by atoms with Gasteiger partial charge in [0, 0.05) is 18.7 Å². The minimum atomic E-state index is 0.191. The van der Waals surface area contributed by atoms with Crippen LogP contribution in [0.2, 0.25) is 0 Å². The fraction of sp³-hybridized carbons (Fsp3) is 0.625. The summed E-state index contributed by atoms with van der Waals surface area (Å²) >= 11 is 0. The van der Waals surface area contributed by atoms with Crippen LogP contribution < -0.4 is 0 Å². The summed E-state index contributed by atoms with van der Waals surface area (Å²) in [6.07, 6.45) is 2.91. The maximum atomic E-state index is 11.2. The zero-order valence-electron chi connectivity index (χ0n) is 6.72. The first kappa shape index (κ1) is 7.32. The van der Waals surface area contributed by atoms with Crippen LogP contribution in [0.5, 0.6) is 0 Å². The molecular formula is C8H13NO. The number of carbonyl (C=O) groups excluding carboxylic acids is 1. The van der Waals surface area contributed by atoms with Crippen molar-refractivity contribution < 1.29 is 4.79 Å². The Morgan fingerprint density at radius 3 is 2.50 bits per heavy atom. The van der Waals surface area contributed by atoms with Crippen LogP contribution in [0.25, 0.3) is 0 Å². The highest BCUT2D eigenvalue weighted by Crippen LogP contribution is 2.25. The third kappa shape index (κ3) is 0.939. The highest BCUT2D eigenvalue weighted by Gasteiger charge is 2.28. The molecule has 56 valence electrons. The Balaban J connectivity index is 2.81. The van der Waals surface area contributed by atoms with Crippen LogP contribution in [-0.4, -0.2) is 17.9 Å². The van der Waals surface area contributed by atoms with Gasteiger partial charge in [0.1, 0.15) is 0 Å². The molecule has 0 aromatic carbocycles. The van der Waals surface area contributed by atoms with E-state index in [1.165, 1.54) is 0 Å². The van der Waals surface area contributed by atoms with E-state index in [1.54, 1.807) is 4.90 Å². The first-order valence-electron chi connectivity index (χ1n) is 3.59. The van der Waals surface area contributed by atoms with Crippen molar-refractivity contribution in [2.45, 2.75) is 20.3 Å². The highest BCUT2D eigenvalue weighted by atomic mass is 16.2. The van der Waals surface area contributed by atoms with Crippen molar-refractivity contribution in [3.63, 3.8) is 0 Å². The van der Waals surface area contributed by atoms with Gasteiger partial charge in [-0.3, -0.25) is 4.79 Å². The molecule has 2 nitrogen and oxygen atoms in total. The largest absolute Gasteiger partial charge is 0.319 e. The molecule has 1 aliphatic heterocycles. The van der Waals surface area contributed by atoms with Crippen LogP contribution in [-0.2, 0) is 4.79 Å². The van der Waals surface area contributed by atoms with Gasteiger partial charge in [0.05, 0.1) is 0 Å². The van der Waals surface area contributed by atoms with Gasteiger partial charge < -0.3 is 4.90 Å². The van der Waals surface area contributed by atoms with Gasteiger partial charge in [-0.1, -0.05) is 13.0 Å². The lowest BCUT2D eigenvalue weighted by molar-refractivity contribution is -0.128. The summed E-state index contributed by atoms with van der Waals surface area (Å²) in [7, 11) is 1.83. The third-order valence-electron chi connectivity index (χ3n) is 2.03. The van der Waals surface area contributed by atoms with Gasteiger partial charge in [-0.25, -0.2) is 0 Å². The van der Waals surface area contributed by atoms with Gasteiger partial charge >= 0.3 is 0 Å². The van der Waals surface area contributed by atoms with Crippen molar-refractivity contribution in [3.8, 4) is 0 Å². The van der Waals surface area contributed by atoms with Crippen molar-refractivity contribution in [2.24, 2.45) is 5.92 Å². The Kier molecular flexibility index (Phi) is 1.79. The fourth-order valence-electron chi connectivity index (χ4n) is 1.32. The van der Waals surface area contributed by atoms with Crippen LogP contribution in [0.1, 0.15) is 20.3 Å². The molecule has 1 amide bonds. The van der Waals surface area contributed by atoms with Gasteiger partial charge in [-0.05, 0) is 13.3 Å². The lowest BCUT2D eigenvalue weighted by atomic mass is 10.1. The van der Waals surface area contributed by atoms with Crippen molar-refractivity contribution in [3.05, 3.63) is 11.8 Å². The quantitative estimate of drug-likeness (QED) is 0.496. The van der Waals surface area contributed by atoms with Crippen LogP contribution in [0, 0.1) is 5.92 Å². The second-order valence-corrected chi connectivity index (χ2v) is 2.78. The predicted molar refractivity (Wildman–Crippen MR) is 40.3 cm³/mol. The summed E-state index contributed by atoms with van der Waals surface area (Å²) in [4.78, 5) is 12.9. The number of carbonyl (C=O) groups is 1. The molecule has 0 saturated carbocycles. The van der Waals surface area contributed by atoms with Gasteiger partial charge in [-0.2, -0.15) is 0 Å². The lowest BCUT2D eigenvalue weighted by Crippen LogP contribution is -2.20. The van der Waals surface area contributed by atoms with Gasteiger partial charge in [0.2, 0.25) is 5.91 Å². The summed E-state index contributed by atoms with van der Waals surface area (Å²) in [6.45, 7) is 3.94. The molecule has 0 radical (unpaired) electrons. The first-order chi connectivity index (χ1) is 4.66. The number of rotatable bonds is 0. The minimum Gasteiger partial charge on any atom is -0.319 e. The number of hydrogen-bond donors (Lipinski definition) is 0. The van der Waals surface area contributed by atoms with Crippen molar-refractivity contribution in [1.29, 1.82) is 0 Å². The minimum absolute atomic E-state index is 0.191. The summed E-state index contributed by atoms with van der Waals surface area (Å²) < 4.78 is 0. The monoisotopic (exact) mass is 139 g/mol. The standard InChI is InChI=1S/C8H13NO/c1-4-7-5-6(2)8(10)9(7)3/h4,6H,5H2,1-3H3. The van der Waals surface area contributed by atoms with Crippen LogP contribution in [0.4, 0.5) is 0 Å². The lowest BCUT2D eigenvalue weighted by Gasteiger charge is -2.09. The molecule has 1 fully saturated rings. The normalized spacial score (nSPS) is 30.3. The molecule has 2 heteroatoms. The van der Waals surface area contributed by atoms with Crippen molar-refractivity contribution in [2.75, 3.05) is 7.05 Å². The van der Waals surface area contributed by atoms with Gasteiger partial charge in [0.25, 0.3) is 0 Å². The molecule has 0 bridgehead atoms. The Morgan fingerprint density at radius 1 is 1.70 bits per heavy atom. The van der Waals surface area contributed by atoms with Crippen LogP contribution >= 0.6 is 0 Å². The SMILES string of the molecule is CC=C1CC(C)C(=O)N1C. The smallest absolute Gasteiger partial charge is 0.229 e. The van der Waals surface area contributed by atoms with Crippen LogP contribution in [0.3, 0.4) is 0 Å². The third-order valence-corrected chi connectivity index (χ3v) is 2.03. The van der Waals surface area contributed by atoms with E-state index in [1.807, 2.05) is 27.0 Å². The zero-order chi connectivity index (χ0) is 7.72. The van der Waals surface area contributed by atoms with E-state index < -0.39 is 0 Å². The summed E-state index contributed by atoms with van der Waals surface area (Å²) in [5.74, 6) is 0.435. The number of likely N-dealkylation sites (tertiary alicyclic amines) is 1. The molecule has 0 aliphatic carbocycles. The second kappa shape index (κ2) is 2.45. The Labute approximate surface area is 61.5 Å². The Hall–Kier alpha value is -0.790. The molecule has 0 aromatic rings. The van der Waals surface area contributed by atoms with Crippen molar-refractivity contribution >= 4 is 5.91 Å². The maximum Gasteiger partial charge on any atom is 0.229 e. The van der Waals surface area contributed by atoms with E-state index >= 15 is 0 Å². The molecule has 1 heterocycles. The van der Waals surface area contributed by atoms with Crippen LogP contribution in [0.15, 0.2) is 11.8 Å². The van der Waals surface area contributed by atoms with Gasteiger partial charge in [-0.15, -0.1) is 0 Å². The Morgan fingerprint density at radius 2 is 2.30 bits per heavy atom. The first-order valence-corrected chi connectivity index (χ1v) is 3.59. The molecule has 10 heavy (non-hydrogen) atoms. The average Bonchev–Trinajstić information content (AvgIpc) is 2.17. The number of hydrogen-bond acceptors (Lipinski definition) is 1. The van der Waals surface area contributed by atoms with E-state index in [2.05, 4.69) is 0 Å². The molecule has 1 aliphatic rings. The highest BCUT2D eigenvalue weighted by molar-refractivity contribution is 5.83. The van der Waals surface area contributed by atoms with E-state index in [4.69, 9.17) is 0 Å². The molecule has 0 N–H and O–H groups in total. The molecule has 1 unspecified atom stereocenters. The summed E-state index contributed by atoms with van der Waals surface area (Å²) in [6, 6.07) is 0. The van der Waals surface area contributed by atoms with E-state index in [-0.39, 0.29) is 11.8 Å². The molecule has 1 atom stereocenters. The fourth-order valence-corrected chi connectivity index (χ4v) is 1.32. The second-order valence-electron chi connectivity index (χ2n) is 2.78. The predicted octanol–water partition coefficient (Wildman–Crippen LogP) is 1.39. The molecule has 1 saturated heterocycles. The van der Waals surface area contributed by atoms with Crippen molar-refractivity contribution in [1.82, 2.24) is 4.90 Å². The molecule has 0 aromatic heterocycles. The average molecular weight is 139 g/mol. The van der Waals surface area contributed by atoms with E-state index in [9.17, 15) is 4.79 Å². The van der Waals surface area contributed by atoms with E-state index in [0.717, 1.165) is 12.1 Å². The molecular weight excluding hydrogens is 126 g/mol. The number of allylic oxidation sites excluding steroid dienone is 2. The number of amides is 1. The Bertz CT molecular complexity index is 184. The summed E-state index contributed by atoms with van der Waals surface area (Å²) in [5.41, 5.74) is 1.15. The molecule has 1 rings (SSSR count).